The minimum absolute atomic E-state index is 0.0473. The number of hydrogen-bond donors (Lipinski definition) is 1. The van der Waals surface area contributed by atoms with Gasteiger partial charge in [0.15, 0.2) is 0 Å². The second kappa shape index (κ2) is 11.0. The van der Waals surface area contributed by atoms with Crippen molar-refractivity contribution < 1.29 is 4.79 Å². The highest BCUT2D eigenvalue weighted by Gasteiger charge is 2.13. The summed E-state index contributed by atoms with van der Waals surface area (Å²) in [4.78, 5) is 13.7. The van der Waals surface area contributed by atoms with Crippen molar-refractivity contribution in [3.05, 3.63) is 65.7 Å². The number of benzene rings is 2. The lowest BCUT2D eigenvalue weighted by atomic mass is 9.99. The van der Waals surface area contributed by atoms with Gasteiger partial charge >= 0.3 is 0 Å². The molecule has 3 heteroatoms. The van der Waals surface area contributed by atoms with Crippen LogP contribution in [0.1, 0.15) is 55.5 Å². The van der Waals surface area contributed by atoms with E-state index in [0.717, 1.165) is 29.2 Å². The van der Waals surface area contributed by atoms with Crippen LogP contribution in [0, 0.1) is 5.92 Å². The smallest absolute Gasteiger partial charge is 0.252 e. The number of carbonyl (C=O) groups is 1. The van der Waals surface area contributed by atoms with Crippen molar-refractivity contribution in [2.45, 2.75) is 50.2 Å². The predicted molar refractivity (Wildman–Crippen MR) is 108 cm³/mol. The van der Waals surface area contributed by atoms with E-state index in [1.807, 2.05) is 30.3 Å². The molecule has 0 saturated carbocycles. The Morgan fingerprint density at radius 2 is 1.76 bits per heavy atom. The van der Waals surface area contributed by atoms with Crippen molar-refractivity contribution in [1.29, 1.82) is 0 Å². The van der Waals surface area contributed by atoms with Crippen LogP contribution in [0.4, 0.5) is 0 Å². The van der Waals surface area contributed by atoms with Crippen molar-refractivity contribution in [3.63, 3.8) is 0 Å². The number of thioether (sulfide) groups is 1. The molecule has 25 heavy (non-hydrogen) atoms. The molecule has 2 aromatic rings. The predicted octanol–water partition coefficient (Wildman–Crippen LogP) is 5.93. The summed E-state index contributed by atoms with van der Waals surface area (Å²) in [5.74, 6) is 1.50. The first-order valence-corrected chi connectivity index (χ1v) is 10.3. The molecule has 0 aliphatic heterocycles. The van der Waals surface area contributed by atoms with Gasteiger partial charge in [-0.05, 0) is 30.0 Å². The summed E-state index contributed by atoms with van der Waals surface area (Å²) in [7, 11) is 0. The minimum atomic E-state index is 0.0473. The fourth-order valence-corrected chi connectivity index (χ4v) is 3.80. The zero-order valence-corrected chi connectivity index (χ0v) is 16.1. The molecular weight excluding hydrogens is 326 g/mol. The third-order valence-corrected chi connectivity index (χ3v) is 5.61. The molecule has 0 saturated heterocycles. The van der Waals surface area contributed by atoms with Crippen LogP contribution in [0.3, 0.4) is 0 Å². The fourth-order valence-electron chi connectivity index (χ4n) is 2.79. The van der Waals surface area contributed by atoms with Crippen molar-refractivity contribution in [2.75, 3.05) is 6.54 Å². The van der Waals surface area contributed by atoms with Gasteiger partial charge in [-0.15, -0.1) is 11.8 Å². The maximum atomic E-state index is 12.6. The monoisotopic (exact) mass is 355 g/mol. The molecule has 1 atom stereocenters. The van der Waals surface area contributed by atoms with Gasteiger partial charge in [0, 0.05) is 17.2 Å². The average molecular weight is 356 g/mol. The maximum absolute atomic E-state index is 12.6. The molecule has 0 spiro atoms. The lowest BCUT2D eigenvalue weighted by Crippen LogP contribution is -2.29. The molecular formula is C22H29NOS. The van der Waals surface area contributed by atoms with Gasteiger partial charge in [-0.3, -0.25) is 4.79 Å². The second-order valence-corrected chi connectivity index (χ2v) is 7.41. The van der Waals surface area contributed by atoms with E-state index in [1.165, 1.54) is 24.8 Å². The van der Waals surface area contributed by atoms with Gasteiger partial charge in [0.05, 0.1) is 5.56 Å². The molecule has 0 aliphatic carbocycles. The fraction of sp³-hybridized carbons (Fsp3) is 0.409. The van der Waals surface area contributed by atoms with Crippen molar-refractivity contribution in [2.24, 2.45) is 5.92 Å². The standard InChI is InChI=1S/C22H29NOS/c1-3-5-11-18(4-2)16-23-22(24)20-14-9-10-15-21(20)25-17-19-12-7-6-8-13-19/h6-10,12-15,18H,3-5,11,16-17H2,1-2H3,(H,23,24)/t18-/m1/s1. The summed E-state index contributed by atoms with van der Waals surface area (Å²) in [6.07, 6.45) is 4.75. The zero-order valence-electron chi connectivity index (χ0n) is 15.3. The minimum Gasteiger partial charge on any atom is -0.352 e. The van der Waals surface area contributed by atoms with Crippen LogP contribution in [0.2, 0.25) is 0 Å². The third kappa shape index (κ3) is 6.58. The van der Waals surface area contributed by atoms with Crippen molar-refractivity contribution in [1.82, 2.24) is 5.32 Å². The van der Waals surface area contributed by atoms with E-state index in [1.54, 1.807) is 11.8 Å². The summed E-state index contributed by atoms with van der Waals surface area (Å²) in [6, 6.07) is 18.3. The lowest BCUT2D eigenvalue weighted by Gasteiger charge is -2.16. The van der Waals surface area contributed by atoms with Gasteiger partial charge in [-0.1, -0.05) is 75.6 Å². The largest absolute Gasteiger partial charge is 0.352 e. The van der Waals surface area contributed by atoms with E-state index in [2.05, 4.69) is 43.4 Å². The second-order valence-electron chi connectivity index (χ2n) is 6.40. The van der Waals surface area contributed by atoms with Gasteiger partial charge in [0.2, 0.25) is 0 Å². The Morgan fingerprint density at radius 1 is 1.04 bits per heavy atom. The summed E-state index contributed by atoms with van der Waals surface area (Å²) < 4.78 is 0. The SMILES string of the molecule is CCCC[C@@H](CC)CNC(=O)c1ccccc1SCc1ccccc1. The summed E-state index contributed by atoms with van der Waals surface area (Å²) in [5.41, 5.74) is 2.06. The number of amides is 1. The molecule has 0 aromatic heterocycles. The normalized spacial score (nSPS) is 11.9. The first kappa shape index (κ1) is 19.6. The molecule has 134 valence electrons. The Balaban J connectivity index is 1.95. The van der Waals surface area contributed by atoms with Crippen LogP contribution in [-0.4, -0.2) is 12.5 Å². The van der Waals surface area contributed by atoms with Crippen molar-refractivity contribution >= 4 is 17.7 Å². The van der Waals surface area contributed by atoms with Gasteiger partial charge in [-0.2, -0.15) is 0 Å². The Hall–Kier alpha value is -1.74. The van der Waals surface area contributed by atoms with Crippen LogP contribution >= 0.6 is 11.8 Å². The Labute approximate surface area is 156 Å². The lowest BCUT2D eigenvalue weighted by molar-refractivity contribution is 0.0943. The molecule has 0 fully saturated rings. The third-order valence-electron chi connectivity index (χ3n) is 4.46. The van der Waals surface area contributed by atoms with Crippen LogP contribution in [0.25, 0.3) is 0 Å². The zero-order chi connectivity index (χ0) is 17.9. The van der Waals surface area contributed by atoms with Gasteiger partial charge in [0.25, 0.3) is 5.91 Å². The summed E-state index contributed by atoms with van der Waals surface area (Å²) >= 11 is 1.72. The Morgan fingerprint density at radius 3 is 2.48 bits per heavy atom. The molecule has 1 amide bonds. The Kier molecular flexibility index (Phi) is 8.61. The van der Waals surface area contributed by atoms with Crippen LogP contribution in [-0.2, 0) is 5.75 Å². The highest BCUT2D eigenvalue weighted by Crippen LogP contribution is 2.26. The number of unbranched alkanes of at least 4 members (excludes halogenated alkanes) is 1. The maximum Gasteiger partial charge on any atom is 0.252 e. The van der Waals surface area contributed by atoms with Crippen molar-refractivity contribution in [3.8, 4) is 0 Å². The van der Waals surface area contributed by atoms with Crippen LogP contribution < -0.4 is 5.32 Å². The van der Waals surface area contributed by atoms with Gasteiger partial charge in [-0.25, -0.2) is 0 Å². The quantitative estimate of drug-likeness (QED) is 0.536. The molecule has 0 heterocycles. The number of rotatable bonds is 10. The molecule has 2 nitrogen and oxygen atoms in total. The Bertz CT molecular complexity index is 641. The highest BCUT2D eigenvalue weighted by molar-refractivity contribution is 7.98. The topological polar surface area (TPSA) is 29.1 Å². The van der Waals surface area contributed by atoms with Gasteiger partial charge < -0.3 is 5.32 Å². The van der Waals surface area contributed by atoms with Crippen LogP contribution in [0.5, 0.6) is 0 Å². The van der Waals surface area contributed by atoms with E-state index >= 15 is 0 Å². The molecule has 2 rings (SSSR count). The number of carbonyl (C=O) groups excluding carboxylic acids is 1. The van der Waals surface area contributed by atoms with E-state index < -0.39 is 0 Å². The first-order chi connectivity index (χ1) is 12.2. The van der Waals surface area contributed by atoms with E-state index in [0.29, 0.717) is 5.92 Å². The summed E-state index contributed by atoms with van der Waals surface area (Å²) in [6.45, 7) is 5.19. The van der Waals surface area contributed by atoms with Gasteiger partial charge in [0.1, 0.15) is 0 Å². The number of hydrogen-bond acceptors (Lipinski definition) is 2. The van der Waals surface area contributed by atoms with E-state index in [4.69, 9.17) is 0 Å². The molecule has 2 aromatic carbocycles. The van der Waals surface area contributed by atoms with E-state index in [9.17, 15) is 4.79 Å². The highest BCUT2D eigenvalue weighted by atomic mass is 32.2. The molecule has 1 N–H and O–H groups in total. The molecule has 0 unspecified atom stereocenters. The average Bonchev–Trinajstić information content (AvgIpc) is 2.67. The number of nitrogens with one attached hydrogen (secondary N) is 1. The van der Waals surface area contributed by atoms with Crippen LogP contribution in [0.15, 0.2) is 59.5 Å². The molecule has 0 bridgehead atoms. The summed E-state index contributed by atoms with van der Waals surface area (Å²) in [5, 5.41) is 3.15. The molecule has 0 radical (unpaired) electrons. The molecule has 0 aliphatic rings. The first-order valence-electron chi connectivity index (χ1n) is 9.28. The van der Waals surface area contributed by atoms with E-state index in [-0.39, 0.29) is 5.91 Å².